The Morgan fingerprint density at radius 3 is 2.80 bits per heavy atom. The van der Waals surface area contributed by atoms with E-state index in [0.29, 0.717) is 5.56 Å². The summed E-state index contributed by atoms with van der Waals surface area (Å²) >= 11 is 0. The first-order valence-electron chi connectivity index (χ1n) is 5.37. The summed E-state index contributed by atoms with van der Waals surface area (Å²) in [6.07, 6.45) is 3.33. The number of nitrogens with zero attached hydrogens (tertiary/aromatic N) is 2. The van der Waals surface area contributed by atoms with Gasteiger partial charge in [0.2, 0.25) is 0 Å². The molecule has 1 N–H and O–H groups in total. The van der Waals surface area contributed by atoms with Crippen molar-refractivity contribution in [3.05, 3.63) is 23.3 Å². The van der Waals surface area contributed by atoms with Crippen LogP contribution < -0.4 is 5.32 Å². The van der Waals surface area contributed by atoms with Crippen LogP contribution in [0.25, 0.3) is 0 Å². The van der Waals surface area contributed by atoms with Gasteiger partial charge in [-0.3, -0.25) is 4.79 Å². The van der Waals surface area contributed by atoms with E-state index in [0.717, 1.165) is 30.8 Å². The van der Waals surface area contributed by atoms with Gasteiger partial charge in [-0.25, -0.2) is 9.97 Å². The van der Waals surface area contributed by atoms with Crippen LogP contribution >= 0.6 is 0 Å². The largest absolute Gasteiger partial charge is 0.352 e. The van der Waals surface area contributed by atoms with Gasteiger partial charge in [0.05, 0.1) is 17.0 Å². The molecular weight excluding hydrogens is 190 g/mol. The van der Waals surface area contributed by atoms with E-state index in [1.165, 1.54) is 6.33 Å². The van der Waals surface area contributed by atoms with Crippen LogP contribution in [0.5, 0.6) is 0 Å². The van der Waals surface area contributed by atoms with Crippen LogP contribution in [-0.4, -0.2) is 22.4 Å². The van der Waals surface area contributed by atoms with Gasteiger partial charge in [0.1, 0.15) is 6.33 Å². The highest BCUT2D eigenvalue weighted by atomic mass is 16.1. The molecule has 0 spiro atoms. The highest BCUT2D eigenvalue weighted by Crippen LogP contribution is 2.13. The molecule has 1 aromatic heterocycles. The number of hydrogen-bond acceptors (Lipinski definition) is 3. The molecule has 1 aliphatic heterocycles. The number of carbonyl (C=O) groups excluding carboxylic acids is 1. The lowest BCUT2D eigenvalue weighted by molar-refractivity contribution is 0.0954. The zero-order valence-corrected chi connectivity index (χ0v) is 9.50. The molecular formula is C11H17N3O. The minimum absolute atomic E-state index is 0.0365. The van der Waals surface area contributed by atoms with Crippen molar-refractivity contribution in [3.8, 4) is 0 Å². The van der Waals surface area contributed by atoms with Crippen LogP contribution in [0.1, 0.15) is 42.0 Å². The van der Waals surface area contributed by atoms with E-state index < -0.39 is 0 Å². The Hall–Kier alpha value is -1.45. The first-order chi connectivity index (χ1) is 7.29. The van der Waals surface area contributed by atoms with E-state index >= 15 is 0 Å². The molecule has 0 atom stereocenters. The Morgan fingerprint density at radius 2 is 2.07 bits per heavy atom. The van der Waals surface area contributed by atoms with E-state index in [-0.39, 0.29) is 5.91 Å². The number of nitrogens with one attached hydrogen (secondary N) is 1. The average Bonchev–Trinajstić information content (AvgIpc) is 2.45. The molecule has 15 heavy (non-hydrogen) atoms. The molecule has 0 radical (unpaired) electrons. The van der Waals surface area contributed by atoms with Gasteiger partial charge in [-0.05, 0) is 19.8 Å². The quantitative estimate of drug-likeness (QED) is 0.701. The Labute approximate surface area is 90.1 Å². The molecule has 2 heterocycles. The van der Waals surface area contributed by atoms with Gasteiger partial charge in [-0.15, -0.1) is 0 Å². The van der Waals surface area contributed by atoms with Gasteiger partial charge in [0.25, 0.3) is 5.91 Å². The Kier molecular flexibility index (Phi) is 4.21. The zero-order valence-electron chi connectivity index (χ0n) is 9.50. The molecule has 4 nitrogen and oxygen atoms in total. The molecule has 0 bridgehead atoms. The van der Waals surface area contributed by atoms with Crippen LogP contribution in [-0.2, 0) is 6.42 Å². The average molecular weight is 207 g/mol. The Balaban J connectivity index is 0.000000531. The first-order valence-corrected chi connectivity index (χ1v) is 5.37. The van der Waals surface area contributed by atoms with Gasteiger partial charge in [-0.1, -0.05) is 13.8 Å². The fourth-order valence-corrected chi connectivity index (χ4v) is 1.55. The van der Waals surface area contributed by atoms with Gasteiger partial charge in [0.15, 0.2) is 0 Å². The third-order valence-corrected chi connectivity index (χ3v) is 2.22. The summed E-state index contributed by atoms with van der Waals surface area (Å²) in [6, 6.07) is 0. The number of amides is 1. The van der Waals surface area contributed by atoms with Crippen LogP contribution in [0.15, 0.2) is 6.33 Å². The molecule has 0 aliphatic carbocycles. The number of aryl methyl sites for hydroxylation is 2. The van der Waals surface area contributed by atoms with Crippen molar-refractivity contribution in [1.29, 1.82) is 0 Å². The highest BCUT2D eigenvalue weighted by Gasteiger charge is 2.18. The summed E-state index contributed by atoms with van der Waals surface area (Å²) in [6.45, 7) is 6.57. The van der Waals surface area contributed by atoms with Crippen molar-refractivity contribution in [1.82, 2.24) is 15.3 Å². The standard InChI is InChI=1S/C9H11N3O.C2H6/c1-6-8-7(12-5-11-6)3-2-4-10-9(8)13;1-2/h5H,2-4H2,1H3,(H,10,13);1-2H3. The van der Waals surface area contributed by atoms with Gasteiger partial charge in [-0.2, -0.15) is 0 Å². The molecule has 0 fully saturated rings. The van der Waals surface area contributed by atoms with Crippen LogP contribution in [0, 0.1) is 6.92 Å². The maximum absolute atomic E-state index is 11.5. The van der Waals surface area contributed by atoms with E-state index in [4.69, 9.17) is 0 Å². The number of carbonyl (C=O) groups is 1. The molecule has 1 aliphatic rings. The minimum atomic E-state index is -0.0365. The molecule has 2 rings (SSSR count). The predicted molar refractivity (Wildman–Crippen MR) is 58.8 cm³/mol. The minimum Gasteiger partial charge on any atom is -0.352 e. The van der Waals surface area contributed by atoms with Crippen LogP contribution in [0.2, 0.25) is 0 Å². The molecule has 0 saturated carbocycles. The van der Waals surface area contributed by atoms with E-state index in [1.54, 1.807) is 0 Å². The predicted octanol–water partition coefficient (Wildman–Crippen LogP) is 1.49. The zero-order chi connectivity index (χ0) is 11.3. The van der Waals surface area contributed by atoms with Gasteiger partial charge >= 0.3 is 0 Å². The molecule has 82 valence electrons. The van der Waals surface area contributed by atoms with E-state index in [1.807, 2.05) is 20.8 Å². The monoisotopic (exact) mass is 207 g/mol. The lowest BCUT2D eigenvalue weighted by Crippen LogP contribution is -2.24. The van der Waals surface area contributed by atoms with Crippen molar-refractivity contribution < 1.29 is 4.79 Å². The summed E-state index contributed by atoms with van der Waals surface area (Å²) in [5.41, 5.74) is 2.31. The third kappa shape index (κ3) is 2.52. The molecule has 0 aromatic carbocycles. The maximum Gasteiger partial charge on any atom is 0.254 e. The summed E-state index contributed by atoms with van der Waals surface area (Å²) in [5.74, 6) is -0.0365. The molecule has 1 aromatic rings. The molecule has 0 unspecified atom stereocenters. The van der Waals surface area contributed by atoms with Crippen molar-refractivity contribution in [3.63, 3.8) is 0 Å². The number of fused-ring (bicyclic) bond motifs is 1. The summed E-state index contributed by atoms with van der Waals surface area (Å²) < 4.78 is 0. The Morgan fingerprint density at radius 1 is 1.33 bits per heavy atom. The second-order valence-electron chi connectivity index (χ2n) is 3.14. The van der Waals surface area contributed by atoms with Crippen molar-refractivity contribution in [2.75, 3.05) is 6.54 Å². The van der Waals surface area contributed by atoms with Crippen LogP contribution in [0.4, 0.5) is 0 Å². The fourth-order valence-electron chi connectivity index (χ4n) is 1.55. The normalized spacial score (nSPS) is 14.2. The summed E-state index contributed by atoms with van der Waals surface area (Å²) in [4.78, 5) is 19.7. The second-order valence-corrected chi connectivity index (χ2v) is 3.14. The second kappa shape index (κ2) is 5.44. The third-order valence-electron chi connectivity index (χ3n) is 2.22. The lowest BCUT2D eigenvalue weighted by Gasteiger charge is -2.04. The fraction of sp³-hybridized carbons (Fsp3) is 0.545. The van der Waals surface area contributed by atoms with E-state index in [2.05, 4.69) is 15.3 Å². The van der Waals surface area contributed by atoms with Crippen molar-refractivity contribution in [2.45, 2.75) is 33.6 Å². The van der Waals surface area contributed by atoms with Crippen LogP contribution in [0.3, 0.4) is 0 Å². The van der Waals surface area contributed by atoms with Gasteiger partial charge < -0.3 is 5.32 Å². The number of rotatable bonds is 0. The SMILES string of the molecule is CC.Cc1ncnc2c1C(=O)NCCC2. The first kappa shape index (κ1) is 11.6. The smallest absolute Gasteiger partial charge is 0.254 e. The lowest BCUT2D eigenvalue weighted by atomic mass is 10.1. The summed E-state index contributed by atoms with van der Waals surface area (Å²) in [5, 5.41) is 2.82. The Bertz CT molecular complexity index is 350. The van der Waals surface area contributed by atoms with Crippen molar-refractivity contribution in [2.24, 2.45) is 0 Å². The maximum atomic E-state index is 11.5. The van der Waals surface area contributed by atoms with Crippen molar-refractivity contribution >= 4 is 5.91 Å². The highest BCUT2D eigenvalue weighted by molar-refractivity contribution is 5.96. The molecule has 0 saturated heterocycles. The van der Waals surface area contributed by atoms with Gasteiger partial charge in [0, 0.05) is 6.54 Å². The number of hydrogen-bond donors (Lipinski definition) is 1. The number of aromatic nitrogens is 2. The topological polar surface area (TPSA) is 54.9 Å². The van der Waals surface area contributed by atoms with E-state index in [9.17, 15) is 4.79 Å². The molecule has 1 amide bonds. The summed E-state index contributed by atoms with van der Waals surface area (Å²) in [7, 11) is 0. The molecule has 4 heteroatoms.